The van der Waals surface area contributed by atoms with E-state index in [4.69, 9.17) is 4.52 Å². The summed E-state index contributed by atoms with van der Waals surface area (Å²) in [5, 5.41) is 14.4. The Labute approximate surface area is 181 Å². The van der Waals surface area contributed by atoms with E-state index in [0.717, 1.165) is 11.1 Å². The van der Waals surface area contributed by atoms with E-state index in [1.165, 1.54) is 36.0 Å². The first-order valence-corrected chi connectivity index (χ1v) is 10.5. The van der Waals surface area contributed by atoms with Crippen molar-refractivity contribution in [2.45, 2.75) is 30.7 Å². The number of halogens is 1. The average molecular weight is 438 g/mol. The molecule has 0 radical (unpaired) electrons. The first kappa shape index (κ1) is 20.7. The molecule has 0 aliphatic heterocycles. The van der Waals surface area contributed by atoms with E-state index < -0.39 is 0 Å². The van der Waals surface area contributed by atoms with E-state index in [9.17, 15) is 9.18 Å². The molecule has 31 heavy (non-hydrogen) atoms. The Kier molecular flexibility index (Phi) is 6.37. The maximum absolute atomic E-state index is 12.9. The van der Waals surface area contributed by atoms with Gasteiger partial charge in [-0.15, -0.1) is 5.10 Å². The summed E-state index contributed by atoms with van der Waals surface area (Å²) >= 11 is 1.39. The molecule has 0 saturated carbocycles. The number of amides is 1. The summed E-state index contributed by atoms with van der Waals surface area (Å²) in [6.07, 6.45) is 0.482. The van der Waals surface area contributed by atoms with E-state index in [1.54, 1.807) is 0 Å². The van der Waals surface area contributed by atoms with Crippen LogP contribution in [-0.4, -0.2) is 31.2 Å². The molecule has 4 aromatic rings. The van der Waals surface area contributed by atoms with Gasteiger partial charge in [-0.25, -0.2) is 9.37 Å². The number of nitrogens with one attached hydrogen (secondary N) is 2. The third-order valence-corrected chi connectivity index (χ3v) is 5.13. The van der Waals surface area contributed by atoms with E-state index in [2.05, 4.69) is 30.6 Å². The largest absolute Gasteiger partial charge is 0.339 e. The maximum atomic E-state index is 12.9. The number of nitrogens with zero attached hydrogens (tertiary/aromatic N) is 4. The smallest absolute Gasteiger partial charge is 0.227 e. The maximum Gasteiger partial charge on any atom is 0.227 e. The molecule has 2 aromatic heterocycles. The number of H-pyrrole nitrogens is 1. The molecule has 0 spiro atoms. The molecular formula is C21H19FN6O2S. The Morgan fingerprint density at radius 1 is 1.19 bits per heavy atom. The number of anilines is 1. The quantitative estimate of drug-likeness (QED) is 0.397. The van der Waals surface area contributed by atoms with Crippen LogP contribution in [0.15, 0.2) is 58.2 Å². The minimum absolute atomic E-state index is 0.174. The van der Waals surface area contributed by atoms with Gasteiger partial charge in [-0.3, -0.25) is 9.89 Å². The lowest BCUT2D eigenvalue weighted by Crippen LogP contribution is -2.12. The summed E-state index contributed by atoms with van der Waals surface area (Å²) < 4.78 is 18.1. The van der Waals surface area contributed by atoms with Crippen molar-refractivity contribution < 1.29 is 13.7 Å². The Bertz CT molecular complexity index is 1170. The highest BCUT2D eigenvalue weighted by Gasteiger charge is 2.12. The van der Waals surface area contributed by atoms with Gasteiger partial charge in [-0.2, -0.15) is 4.98 Å². The number of carbonyl (C=O) groups is 1. The fraction of sp³-hybridized carbons (Fsp3) is 0.190. The first-order valence-electron chi connectivity index (χ1n) is 9.54. The van der Waals surface area contributed by atoms with Gasteiger partial charge < -0.3 is 9.84 Å². The van der Waals surface area contributed by atoms with Crippen molar-refractivity contribution in [2.24, 2.45) is 0 Å². The molecule has 8 nitrogen and oxygen atoms in total. The summed E-state index contributed by atoms with van der Waals surface area (Å²) in [5.41, 5.74) is 2.65. The predicted molar refractivity (Wildman–Crippen MR) is 114 cm³/mol. The van der Waals surface area contributed by atoms with Crippen LogP contribution >= 0.6 is 11.8 Å². The van der Waals surface area contributed by atoms with Crippen molar-refractivity contribution >= 4 is 23.4 Å². The van der Waals surface area contributed by atoms with Gasteiger partial charge in [0.05, 0.1) is 5.75 Å². The number of aryl methyl sites for hydroxylation is 2. The molecular weight excluding hydrogens is 419 g/mol. The van der Waals surface area contributed by atoms with E-state index in [1.807, 2.05) is 31.2 Å². The van der Waals surface area contributed by atoms with E-state index in [0.29, 0.717) is 40.6 Å². The molecule has 0 aliphatic rings. The van der Waals surface area contributed by atoms with Crippen LogP contribution in [-0.2, 0) is 17.0 Å². The molecule has 10 heteroatoms. The van der Waals surface area contributed by atoms with E-state index in [-0.39, 0.29) is 18.1 Å². The second-order valence-corrected chi connectivity index (χ2v) is 7.73. The Morgan fingerprint density at radius 2 is 2.03 bits per heavy atom. The van der Waals surface area contributed by atoms with Gasteiger partial charge in [0.2, 0.25) is 17.0 Å². The number of hydrogen-bond acceptors (Lipinski definition) is 7. The molecule has 2 heterocycles. The fourth-order valence-electron chi connectivity index (χ4n) is 2.79. The number of aromatic amines is 1. The van der Waals surface area contributed by atoms with Crippen LogP contribution in [0.25, 0.3) is 11.4 Å². The highest BCUT2D eigenvalue weighted by molar-refractivity contribution is 7.98. The number of rotatable bonds is 8. The van der Waals surface area contributed by atoms with Crippen molar-refractivity contribution in [1.29, 1.82) is 0 Å². The molecule has 0 fully saturated rings. The Morgan fingerprint density at radius 3 is 2.84 bits per heavy atom. The monoisotopic (exact) mass is 438 g/mol. The third kappa shape index (κ3) is 5.76. The Balaban J connectivity index is 1.26. The van der Waals surface area contributed by atoms with Crippen LogP contribution in [0.3, 0.4) is 0 Å². The van der Waals surface area contributed by atoms with Gasteiger partial charge in [0, 0.05) is 24.1 Å². The van der Waals surface area contributed by atoms with Crippen molar-refractivity contribution in [3.05, 3.63) is 71.6 Å². The van der Waals surface area contributed by atoms with Crippen LogP contribution in [0.2, 0.25) is 0 Å². The zero-order chi connectivity index (χ0) is 21.6. The second kappa shape index (κ2) is 9.52. The fourth-order valence-corrected chi connectivity index (χ4v) is 3.43. The van der Waals surface area contributed by atoms with Crippen molar-refractivity contribution in [2.75, 3.05) is 5.32 Å². The number of aromatic nitrogens is 5. The molecule has 158 valence electrons. The number of benzene rings is 2. The Hall–Kier alpha value is -3.53. The van der Waals surface area contributed by atoms with Crippen molar-refractivity contribution in [1.82, 2.24) is 25.3 Å². The van der Waals surface area contributed by atoms with Crippen molar-refractivity contribution in [3.63, 3.8) is 0 Å². The average Bonchev–Trinajstić information content (AvgIpc) is 3.42. The van der Waals surface area contributed by atoms with Gasteiger partial charge in [-0.1, -0.05) is 40.7 Å². The summed E-state index contributed by atoms with van der Waals surface area (Å²) in [6.45, 7) is 2.02. The topological polar surface area (TPSA) is 110 Å². The molecule has 2 N–H and O–H groups in total. The standard InChI is InChI=1S/C21H19FN6O2S/c1-13-3-2-4-14(11-13)20-25-21(27-26-20)31-12-17-24-19(30-28-17)10-9-18(29)23-16-7-5-15(22)6-8-16/h2-8,11H,9-10,12H2,1H3,(H,23,29)(H,25,26,27). The molecule has 0 saturated heterocycles. The van der Waals surface area contributed by atoms with Crippen molar-refractivity contribution in [3.8, 4) is 11.4 Å². The van der Waals surface area contributed by atoms with Crippen LogP contribution in [0.4, 0.5) is 10.1 Å². The summed E-state index contributed by atoms with van der Waals surface area (Å²) in [6, 6.07) is 13.6. The SMILES string of the molecule is Cc1cccc(-c2nc(SCc3noc(CCC(=O)Nc4ccc(F)cc4)n3)n[nH]2)c1. The zero-order valence-electron chi connectivity index (χ0n) is 16.6. The minimum Gasteiger partial charge on any atom is -0.339 e. The van der Waals surface area contributed by atoms with Gasteiger partial charge in [-0.05, 0) is 37.3 Å². The lowest BCUT2D eigenvalue weighted by molar-refractivity contribution is -0.116. The van der Waals surface area contributed by atoms with Gasteiger partial charge >= 0.3 is 0 Å². The predicted octanol–water partition coefficient (Wildman–Crippen LogP) is 4.17. The normalized spacial score (nSPS) is 10.9. The molecule has 2 aromatic carbocycles. The van der Waals surface area contributed by atoms with Crippen LogP contribution in [0.1, 0.15) is 23.7 Å². The van der Waals surface area contributed by atoms with Gasteiger partial charge in [0.25, 0.3) is 0 Å². The molecule has 1 amide bonds. The minimum atomic E-state index is -0.356. The molecule has 0 bridgehead atoms. The third-order valence-electron chi connectivity index (χ3n) is 4.29. The molecule has 0 unspecified atom stereocenters. The molecule has 0 aliphatic carbocycles. The van der Waals surface area contributed by atoms with Gasteiger partial charge in [0.15, 0.2) is 11.6 Å². The number of thioether (sulfide) groups is 1. The summed E-state index contributed by atoms with van der Waals surface area (Å²) in [7, 11) is 0. The second-order valence-electron chi connectivity index (χ2n) is 6.78. The first-order chi connectivity index (χ1) is 15.0. The highest BCUT2D eigenvalue weighted by atomic mass is 32.2. The van der Waals surface area contributed by atoms with Crippen LogP contribution in [0.5, 0.6) is 0 Å². The summed E-state index contributed by atoms with van der Waals surface area (Å²) in [4.78, 5) is 20.8. The van der Waals surface area contributed by atoms with Crippen LogP contribution < -0.4 is 5.32 Å². The summed E-state index contributed by atoms with van der Waals surface area (Å²) in [5.74, 6) is 1.44. The lowest BCUT2D eigenvalue weighted by Gasteiger charge is -2.03. The lowest BCUT2D eigenvalue weighted by atomic mass is 10.1. The molecule has 4 rings (SSSR count). The van der Waals surface area contributed by atoms with Gasteiger partial charge in [0.1, 0.15) is 5.82 Å². The van der Waals surface area contributed by atoms with Crippen LogP contribution in [0, 0.1) is 12.7 Å². The zero-order valence-corrected chi connectivity index (χ0v) is 17.4. The molecule has 0 atom stereocenters. The van der Waals surface area contributed by atoms with E-state index >= 15 is 0 Å². The number of hydrogen-bond donors (Lipinski definition) is 2. The number of carbonyl (C=O) groups excluding carboxylic acids is 1. The highest BCUT2D eigenvalue weighted by Crippen LogP contribution is 2.22.